The first-order valence-corrected chi connectivity index (χ1v) is 11.5. The zero-order chi connectivity index (χ0) is 24.0. The summed E-state index contributed by atoms with van der Waals surface area (Å²) in [5.74, 6) is 0.676. The Morgan fingerprint density at radius 3 is 2.21 bits per heavy atom. The molecule has 0 heterocycles. The number of rotatable bonds is 9. The molecule has 3 aromatic rings. The van der Waals surface area contributed by atoms with Crippen LogP contribution in [0.25, 0.3) is 0 Å². The van der Waals surface area contributed by atoms with Crippen molar-refractivity contribution in [2.45, 2.75) is 11.8 Å². The number of sulfonamides is 1. The van der Waals surface area contributed by atoms with E-state index in [0.717, 1.165) is 9.87 Å². The van der Waals surface area contributed by atoms with Crippen LogP contribution in [0.15, 0.2) is 71.6 Å². The van der Waals surface area contributed by atoms with Gasteiger partial charge in [0.25, 0.3) is 10.0 Å². The van der Waals surface area contributed by atoms with Gasteiger partial charge in [-0.05, 0) is 48.9 Å². The van der Waals surface area contributed by atoms with Crippen LogP contribution in [0.4, 0.5) is 11.4 Å². The van der Waals surface area contributed by atoms with Gasteiger partial charge >= 0.3 is 0 Å². The van der Waals surface area contributed by atoms with Crippen LogP contribution in [0.5, 0.6) is 17.2 Å². The number of carbonyl (C=O) groups is 1. The molecule has 0 aliphatic carbocycles. The van der Waals surface area contributed by atoms with Crippen LogP contribution in [0.3, 0.4) is 0 Å². The van der Waals surface area contributed by atoms with Crippen LogP contribution in [0.1, 0.15) is 5.56 Å². The second kappa shape index (κ2) is 10.3. The molecule has 8 nitrogen and oxygen atoms in total. The van der Waals surface area contributed by atoms with Crippen molar-refractivity contribution >= 4 is 27.3 Å². The maximum Gasteiger partial charge on any atom is 0.268 e. The van der Waals surface area contributed by atoms with E-state index >= 15 is 0 Å². The molecule has 3 aromatic carbocycles. The highest BCUT2D eigenvalue weighted by Gasteiger charge is 2.30. The molecule has 0 aromatic heterocycles. The zero-order valence-corrected chi connectivity index (χ0v) is 19.7. The Morgan fingerprint density at radius 2 is 1.55 bits per heavy atom. The van der Waals surface area contributed by atoms with Gasteiger partial charge in [0.05, 0.1) is 27.0 Å². The quantitative estimate of drug-likeness (QED) is 0.511. The average Bonchev–Trinajstić information content (AvgIpc) is 2.82. The average molecular weight is 471 g/mol. The molecule has 0 fully saturated rings. The van der Waals surface area contributed by atoms with Crippen molar-refractivity contribution in [1.82, 2.24) is 0 Å². The fourth-order valence-corrected chi connectivity index (χ4v) is 4.87. The SMILES string of the molecule is COc1cccc(NC(=O)CN(c2cccc(OC)c2)S(=O)(=O)c2cc(C)ccc2OC)c1. The van der Waals surface area contributed by atoms with Crippen LogP contribution in [-0.4, -0.2) is 42.2 Å². The number of hydrogen-bond acceptors (Lipinski definition) is 6. The molecule has 0 saturated heterocycles. The van der Waals surface area contributed by atoms with Crippen LogP contribution in [0, 0.1) is 6.92 Å². The molecule has 33 heavy (non-hydrogen) atoms. The summed E-state index contributed by atoms with van der Waals surface area (Å²) in [6.07, 6.45) is 0. The van der Waals surface area contributed by atoms with E-state index in [1.807, 2.05) is 0 Å². The lowest BCUT2D eigenvalue weighted by atomic mass is 10.2. The minimum absolute atomic E-state index is 0.0398. The molecular formula is C24H26N2O6S. The number of hydrogen-bond donors (Lipinski definition) is 1. The summed E-state index contributed by atoms with van der Waals surface area (Å²) >= 11 is 0. The Balaban J connectivity index is 2.03. The third-order valence-corrected chi connectivity index (χ3v) is 6.66. The maximum absolute atomic E-state index is 13.8. The van der Waals surface area contributed by atoms with E-state index in [4.69, 9.17) is 14.2 Å². The van der Waals surface area contributed by atoms with Gasteiger partial charge in [-0.3, -0.25) is 9.10 Å². The third-order valence-electron chi connectivity index (χ3n) is 4.87. The first kappa shape index (κ1) is 23.9. The molecule has 0 unspecified atom stereocenters. The van der Waals surface area contributed by atoms with Crippen molar-refractivity contribution in [3.63, 3.8) is 0 Å². The van der Waals surface area contributed by atoms with Crippen molar-refractivity contribution in [2.24, 2.45) is 0 Å². The number of carbonyl (C=O) groups excluding carboxylic acids is 1. The predicted octanol–water partition coefficient (Wildman–Crippen LogP) is 3.85. The van der Waals surface area contributed by atoms with Gasteiger partial charge < -0.3 is 19.5 Å². The monoisotopic (exact) mass is 470 g/mol. The number of amides is 1. The van der Waals surface area contributed by atoms with Crippen molar-refractivity contribution in [3.8, 4) is 17.2 Å². The number of nitrogens with one attached hydrogen (secondary N) is 1. The molecule has 0 aliphatic rings. The minimum Gasteiger partial charge on any atom is -0.497 e. The van der Waals surface area contributed by atoms with E-state index in [1.165, 1.54) is 27.4 Å². The summed E-state index contributed by atoms with van der Waals surface area (Å²) in [6.45, 7) is 1.31. The van der Waals surface area contributed by atoms with Crippen LogP contribution in [-0.2, 0) is 14.8 Å². The molecule has 0 bridgehead atoms. The maximum atomic E-state index is 13.8. The van der Waals surface area contributed by atoms with Gasteiger partial charge in [0.2, 0.25) is 5.91 Å². The fraction of sp³-hybridized carbons (Fsp3) is 0.208. The summed E-state index contributed by atoms with van der Waals surface area (Å²) in [7, 11) is 0.225. The minimum atomic E-state index is -4.18. The lowest BCUT2D eigenvalue weighted by Crippen LogP contribution is -2.38. The second-order valence-corrected chi connectivity index (χ2v) is 8.98. The van der Waals surface area contributed by atoms with E-state index < -0.39 is 22.5 Å². The highest BCUT2D eigenvalue weighted by molar-refractivity contribution is 7.93. The summed E-state index contributed by atoms with van der Waals surface area (Å²) < 4.78 is 44.3. The smallest absolute Gasteiger partial charge is 0.268 e. The topological polar surface area (TPSA) is 94.2 Å². The van der Waals surface area contributed by atoms with Gasteiger partial charge in [0.1, 0.15) is 28.7 Å². The lowest BCUT2D eigenvalue weighted by molar-refractivity contribution is -0.114. The van der Waals surface area contributed by atoms with Crippen molar-refractivity contribution in [3.05, 3.63) is 72.3 Å². The van der Waals surface area contributed by atoms with Gasteiger partial charge in [0, 0.05) is 17.8 Å². The molecule has 1 amide bonds. The molecule has 0 radical (unpaired) electrons. The summed E-state index contributed by atoms with van der Waals surface area (Å²) in [5.41, 5.74) is 1.50. The molecule has 174 valence electrons. The fourth-order valence-electron chi connectivity index (χ4n) is 3.22. The summed E-state index contributed by atoms with van der Waals surface area (Å²) in [6, 6.07) is 18.2. The molecule has 0 spiro atoms. The number of ether oxygens (including phenoxy) is 3. The summed E-state index contributed by atoms with van der Waals surface area (Å²) in [5, 5.41) is 2.72. The zero-order valence-electron chi connectivity index (χ0n) is 18.9. The Morgan fingerprint density at radius 1 is 0.879 bits per heavy atom. The summed E-state index contributed by atoms with van der Waals surface area (Å²) in [4.78, 5) is 12.9. The van der Waals surface area contributed by atoms with E-state index in [2.05, 4.69) is 5.32 Å². The largest absolute Gasteiger partial charge is 0.497 e. The molecule has 0 aliphatic heterocycles. The number of benzene rings is 3. The van der Waals surface area contributed by atoms with Gasteiger partial charge in [-0.15, -0.1) is 0 Å². The van der Waals surface area contributed by atoms with Crippen LogP contribution >= 0.6 is 0 Å². The van der Waals surface area contributed by atoms with Crippen LogP contribution < -0.4 is 23.8 Å². The Hall–Kier alpha value is -3.72. The highest BCUT2D eigenvalue weighted by Crippen LogP contribution is 2.32. The van der Waals surface area contributed by atoms with Crippen LogP contribution in [0.2, 0.25) is 0 Å². The lowest BCUT2D eigenvalue weighted by Gasteiger charge is -2.25. The normalized spacial score (nSPS) is 10.9. The number of nitrogens with zero attached hydrogens (tertiary/aromatic N) is 1. The van der Waals surface area contributed by atoms with E-state index in [1.54, 1.807) is 67.6 Å². The number of anilines is 2. The van der Waals surface area contributed by atoms with Gasteiger partial charge in [-0.25, -0.2) is 8.42 Å². The third kappa shape index (κ3) is 5.56. The van der Waals surface area contributed by atoms with Gasteiger partial charge in [-0.1, -0.05) is 18.2 Å². The molecule has 0 saturated carbocycles. The first-order valence-electron chi connectivity index (χ1n) is 10.0. The van der Waals surface area contributed by atoms with E-state index in [9.17, 15) is 13.2 Å². The van der Waals surface area contributed by atoms with E-state index in [-0.39, 0.29) is 16.3 Å². The molecule has 0 atom stereocenters. The van der Waals surface area contributed by atoms with Crippen molar-refractivity contribution in [1.29, 1.82) is 0 Å². The number of methoxy groups -OCH3 is 3. The molecule has 9 heteroatoms. The second-order valence-electron chi connectivity index (χ2n) is 7.15. The molecule has 1 N–H and O–H groups in total. The van der Waals surface area contributed by atoms with Gasteiger partial charge in [-0.2, -0.15) is 0 Å². The van der Waals surface area contributed by atoms with Crippen molar-refractivity contribution < 1.29 is 27.4 Å². The Kier molecular flexibility index (Phi) is 7.44. The standard InChI is InChI=1S/C24H26N2O6S/c1-17-11-12-22(32-4)23(13-17)33(28,29)26(19-8-6-10-21(15-19)31-3)16-24(27)25-18-7-5-9-20(14-18)30-2/h5-15H,16H2,1-4H3,(H,25,27). The first-order chi connectivity index (χ1) is 15.8. The predicted molar refractivity (Wildman–Crippen MR) is 127 cm³/mol. The number of aryl methyl sites for hydroxylation is 1. The van der Waals surface area contributed by atoms with Crippen molar-refractivity contribution in [2.75, 3.05) is 37.5 Å². The Bertz CT molecular complexity index is 1240. The highest BCUT2D eigenvalue weighted by atomic mass is 32.2. The molecular weight excluding hydrogens is 444 g/mol. The van der Waals surface area contributed by atoms with E-state index in [0.29, 0.717) is 17.2 Å². The Labute approximate surface area is 193 Å². The van der Waals surface area contributed by atoms with Gasteiger partial charge in [0.15, 0.2) is 0 Å². The molecule has 3 rings (SSSR count).